The molecular formula is C13H17NO2. The second kappa shape index (κ2) is 5.12. The second-order valence-electron chi connectivity index (χ2n) is 4.10. The molecule has 1 fully saturated rings. The van der Waals surface area contributed by atoms with E-state index in [-0.39, 0.29) is 12.1 Å². The fourth-order valence-electron chi connectivity index (χ4n) is 1.94. The van der Waals surface area contributed by atoms with E-state index >= 15 is 0 Å². The fourth-order valence-corrected chi connectivity index (χ4v) is 1.94. The van der Waals surface area contributed by atoms with Crippen molar-refractivity contribution >= 4 is 5.91 Å². The van der Waals surface area contributed by atoms with Crippen LogP contribution in [0.4, 0.5) is 0 Å². The van der Waals surface area contributed by atoms with Crippen LogP contribution in [0.15, 0.2) is 30.3 Å². The van der Waals surface area contributed by atoms with Gasteiger partial charge in [0, 0.05) is 19.2 Å². The highest BCUT2D eigenvalue weighted by Crippen LogP contribution is 2.17. The highest BCUT2D eigenvalue weighted by Gasteiger charge is 2.23. The van der Waals surface area contributed by atoms with E-state index in [4.69, 9.17) is 4.74 Å². The van der Waals surface area contributed by atoms with Gasteiger partial charge in [0.1, 0.15) is 6.23 Å². The van der Waals surface area contributed by atoms with E-state index in [0.717, 1.165) is 31.4 Å². The molecule has 1 aromatic carbocycles. The van der Waals surface area contributed by atoms with Crippen LogP contribution in [-0.2, 0) is 4.74 Å². The molecule has 0 aromatic heterocycles. The van der Waals surface area contributed by atoms with Crippen molar-refractivity contribution < 1.29 is 9.53 Å². The first-order valence-electron chi connectivity index (χ1n) is 5.73. The molecule has 0 N–H and O–H groups in total. The lowest BCUT2D eigenvalue weighted by Crippen LogP contribution is -2.40. The Hall–Kier alpha value is -1.35. The number of rotatable bonds is 2. The SMILES string of the molecule is CN(C(=O)c1ccccc1)C1CCCCO1. The van der Waals surface area contributed by atoms with Gasteiger partial charge in [0.15, 0.2) is 0 Å². The zero-order valence-corrected chi connectivity index (χ0v) is 9.56. The molecule has 1 heterocycles. The molecule has 1 aliphatic heterocycles. The van der Waals surface area contributed by atoms with Gasteiger partial charge in [-0.1, -0.05) is 18.2 Å². The maximum atomic E-state index is 12.1. The van der Waals surface area contributed by atoms with E-state index in [2.05, 4.69) is 0 Å². The summed E-state index contributed by atoms with van der Waals surface area (Å²) in [6, 6.07) is 9.34. The van der Waals surface area contributed by atoms with Crippen LogP contribution in [0.1, 0.15) is 29.6 Å². The predicted octanol–water partition coefficient (Wildman–Crippen LogP) is 2.29. The number of hydrogen-bond donors (Lipinski definition) is 0. The molecular weight excluding hydrogens is 202 g/mol. The molecule has 1 unspecified atom stereocenters. The molecule has 2 rings (SSSR count). The maximum absolute atomic E-state index is 12.1. The number of amides is 1. The van der Waals surface area contributed by atoms with E-state index in [0.29, 0.717) is 0 Å². The molecule has 1 amide bonds. The fraction of sp³-hybridized carbons (Fsp3) is 0.462. The molecule has 1 aromatic rings. The van der Waals surface area contributed by atoms with Gasteiger partial charge in [0.25, 0.3) is 5.91 Å². The molecule has 3 nitrogen and oxygen atoms in total. The van der Waals surface area contributed by atoms with Crippen LogP contribution in [0.25, 0.3) is 0 Å². The maximum Gasteiger partial charge on any atom is 0.255 e. The minimum atomic E-state index is -0.0542. The minimum Gasteiger partial charge on any atom is -0.358 e. The molecule has 1 saturated heterocycles. The van der Waals surface area contributed by atoms with Gasteiger partial charge < -0.3 is 9.64 Å². The standard InChI is InChI=1S/C13H17NO2/c1-14(12-9-5-6-10-16-12)13(15)11-7-3-2-4-8-11/h2-4,7-8,12H,5-6,9-10H2,1H3. The highest BCUT2D eigenvalue weighted by molar-refractivity contribution is 5.94. The number of carbonyl (C=O) groups is 1. The normalized spacial score (nSPS) is 20.4. The second-order valence-corrected chi connectivity index (χ2v) is 4.10. The average molecular weight is 219 g/mol. The molecule has 0 aliphatic carbocycles. The number of nitrogens with zero attached hydrogens (tertiary/aromatic N) is 1. The van der Waals surface area contributed by atoms with Gasteiger partial charge in [-0.25, -0.2) is 0 Å². The Bertz CT molecular complexity index is 344. The van der Waals surface area contributed by atoms with Crippen molar-refractivity contribution in [1.82, 2.24) is 4.90 Å². The zero-order valence-electron chi connectivity index (χ0n) is 9.56. The van der Waals surface area contributed by atoms with Gasteiger partial charge in [0.2, 0.25) is 0 Å². The molecule has 3 heteroatoms. The van der Waals surface area contributed by atoms with E-state index in [9.17, 15) is 4.79 Å². The minimum absolute atomic E-state index is 0.0347. The summed E-state index contributed by atoms with van der Waals surface area (Å²) in [5, 5.41) is 0. The molecule has 0 radical (unpaired) electrons. The van der Waals surface area contributed by atoms with Gasteiger partial charge in [-0.15, -0.1) is 0 Å². The molecule has 1 atom stereocenters. The first kappa shape index (κ1) is 11.1. The van der Waals surface area contributed by atoms with Gasteiger partial charge in [-0.05, 0) is 31.4 Å². The van der Waals surface area contributed by atoms with E-state index in [1.54, 1.807) is 4.90 Å². The van der Waals surface area contributed by atoms with E-state index in [1.165, 1.54) is 0 Å². The summed E-state index contributed by atoms with van der Waals surface area (Å²) in [5.41, 5.74) is 0.721. The molecule has 86 valence electrons. The summed E-state index contributed by atoms with van der Waals surface area (Å²) < 4.78 is 5.59. The third-order valence-electron chi connectivity index (χ3n) is 2.93. The monoisotopic (exact) mass is 219 g/mol. The Kier molecular flexibility index (Phi) is 3.57. The number of carbonyl (C=O) groups excluding carboxylic acids is 1. The van der Waals surface area contributed by atoms with Gasteiger partial charge in [-0.2, -0.15) is 0 Å². The van der Waals surface area contributed by atoms with Crippen LogP contribution in [0.5, 0.6) is 0 Å². The molecule has 0 bridgehead atoms. The summed E-state index contributed by atoms with van der Waals surface area (Å²) >= 11 is 0. The lowest BCUT2D eigenvalue weighted by Gasteiger charge is -2.31. The van der Waals surface area contributed by atoms with Crippen molar-refractivity contribution in [2.75, 3.05) is 13.7 Å². The van der Waals surface area contributed by atoms with Crippen LogP contribution in [0.2, 0.25) is 0 Å². The van der Waals surface area contributed by atoms with Crippen molar-refractivity contribution in [3.05, 3.63) is 35.9 Å². The average Bonchev–Trinajstić information content (AvgIpc) is 2.39. The lowest BCUT2D eigenvalue weighted by molar-refractivity contribution is -0.0614. The van der Waals surface area contributed by atoms with E-state index < -0.39 is 0 Å². The van der Waals surface area contributed by atoms with Crippen molar-refractivity contribution in [2.45, 2.75) is 25.5 Å². The Morgan fingerprint density at radius 3 is 2.69 bits per heavy atom. The number of hydrogen-bond acceptors (Lipinski definition) is 2. The summed E-state index contributed by atoms with van der Waals surface area (Å²) in [6.45, 7) is 0.761. The smallest absolute Gasteiger partial charge is 0.255 e. The molecule has 0 saturated carbocycles. The van der Waals surface area contributed by atoms with Gasteiger partial charge in [0.05, 0.1) is 0 Å². The molecule has 0 spiro atoms. The largest absolute Gasteiger partial charge is 0.358 e. The van der Waals surface area contributed by atoms with Crippen LogP contribution in [0, 0.1) is 0 Å². The third kappa shape index (κ3) is 2.42. The van der Waals surface area contributed by atoms with Crippen molar-refractivity contribution in [3.8, 4) is 0 Å². The van der Waals surface area contributed by atoms with E-state index in [1.807, 2.05) is 37.4 Å². The number of ether oxygens (including phenoxy) is 1. The Labute approximate surface area is 96.0 Å². The predicted molar refractivity (Wildman–Crippen MR) is 62.1 cm³/mol. The van der Waals surface area contributed by atoms with Crippen molar-refractivity contribution in [2.24, 2.45) is 0 Å². The highest BCUT2D eigenvalue weighted by atomic mass is 16.5. The molecule has 1 aliphatic rings. The summed E-state index contributed by atoms with van der Waals surface area (Å²) in [6.07, 6.45) is 3.12. The van der Waals surface area contributed by atoms with Gasteiger partial charge >= 0.3 is 0 Å². The Morgan fingerprint density at radius 1 is 1.31 bits per heavy atom. The number of benzene rings is 1. The lowest BCUT2D eigenvalue weighted by atomic mass is 10.1. The topological polar surface area (TPSA) is 29.5 Å². The first-order valence-corrected chi connectivity index (χ1v) is 5.73. The van der Waals surface area contributed by atoms with Crippen LogP contribution in [-0.4, -0.2) is 30.7 Å². The Balaban J connectivity index is 2.04. The van der Waals surface area contributed by atoms with Crippen LogP contribution in [0.3, 0.4) is 0 Å². The van der Waals surface area contributed by atoms with Crippen molar-refractivity contribution in [1.29, 1.82) is 0 Å². The Morgan fingerprint density at radius 2 is 2.06 bits per heavy atom. The third-order valence-corrected chi connectivity index (χ3v) is 2.93. The van der Waals surface area contributed by atoms with Crippen LogP contribution < -0.4 is 0 Å². The first-order chi connectivity index (χ1) is 7.79. The summed E-state index contributed by atoms with van der Waals surface area (Å²) in [5.74, 6) is 0.0347. The van der Waals surface area contributed by atoms with Gasteiger partial charge in [-0.3, -0.25) is 4.79 Å². The summed E-state index contributed by atoms with van der Waals surface area (Å²) in [4.78, 5) is 13.8. The summed E-state index contributed by atoms with van der Waals surface area (Å²) in [7, 11) is 1.81. The van der Waals surface area contributed by atoms with Crippen molar-refractivity contribution in [3.63, 3.8) is 0 Å². The zero-order chi connectivity index (χ0) is 11.4. The van der Waals surface area contributed by atoms with Crippen LogP contribution >= 0.6 is 0 Å². The molecule has 16 heavy (non-hydrogen) atoms. The quantitative estimate of drug-likeness (QED) is 0.763.